The molecule has 0 aliphatic carbocycles. The van der Waals surface area contributed by atoms with Crippen LogP contribution in [0.4, 0.5) is 5.69 Å². The van der Waals surface area contributed by atoms with Gasteiger partial charge in [-0.05, 0) is 48.9 Å². The summed E-state index contributed by atoms with van der Waals surface area (Å²) in [7, 11) is -3.51. The van der Waals surface area contributed by atoms with Crippen LogP contribution in [-0.2, 0) is 16.6 Å². The van der Waals surface area contributed by atoms with Gasteiger partial charge in [-0.25, -0.2) is 13.1 Å². The van der Waals surface area contributed by atoms with Gasteiger partial charge in [0.05, 0.1) is 4.90 Å². The molecule has 2 rings (SSSR count). The molecule has 0 aliphatic heterocycles. The fraction of sp³-hybridized carbons (Fsp3) is 0.200. The van der Waals surface area contributed by atoms with E-state index in [0.29, 0.717) is 5.02 Å². The average molecular weight is 325 g/mol. The van der Waals surface area contributed by atoms with Crippen molar-refractivity contribution in [2.75, 3.05) is 11.9 Å². The standard InChI is InChI=1S/C15H17ClN2O2S/c1-2-17-14-7-9-15(10-8-14)21(19,20)18-11-12-3-5-13(16)6-4-12/h3-10,17-18H,2,11H2,1H3. The van der Waals surface area contributed by atoms with Gasteiger partial charge in [-0.2, -0.15) is 0 Å². The van der Waals surface area contributed by atoms with E-state index in [9.17, 15) is 8.42 Å². The summed E-state index contributed by atoms with van der Waals surface area (Å²) in [5.41, 5.74) is 1.75. The lowest BCUT2D eigenvalue weighted by molar-refractivity contribution is 0.581. The number of halogens is 1. The number of rotatable bonds is 6. The summed E-state index contributed by atoms with van der Waals surface area (Å²) in [4.78, 5) is 0.248. The van der Waals surface area contributed by atoms with E-state index in [1.165, 1.54) is 0 Å². The maximum Gasteiger partial charge on any atom is 0.240 e. The molecule has 0 atom stereocenters. The Morgan fingerprint density at radius 1 is 1.00 bits per heavy atom. The number of sulfonamides is 1. The third-order valence-electron chi connectivity index (χ3n) is 2.93. The van der Waals surface area contributed by atoms with Crippen molar-refractivity contribution in [3.8, 4) is 0 Å². The van der Waals surface area contributed by atoms with Gasteiger partial charge in [0.15, 0.2) is 0 Å². The van der Waals surface area contributed by atoms with Crippen molar-refractivity contribution in [3.63, 3.8) is 0 Å². The molecule has 0 spiro atoms. The van der Waals surface area contributed by atoms with Crippen LogP contribution in [0.1, 0.15) is 12.5 Å². The van der Waals surface area contributed by atoms with Gasteiger partial charge >= 0.3 is 0 Å². The Labute approximate surface area is 130 Å². The summed E-state index contributed by atoms with van der Waals surface area (Å²) < 4.78 is 26.9. The van der Waals surface area contributed by atoms with Gasteiger partial charge in [0.25, 0.3) is 0 Å². The molecule has 0 aliphatic rings. The van der Waals surface area contributed by atoms with E-state index in [1.807, 2.05) is 6.92 Å². The van der Waals surface area contributed by atoms with Gasteiger partial charge in [0.1, 0.15) is 0 Å². The zero-order chi connectivity index (χ0) is 15.3. The normalized spacial score (nSPS) is 11.3. The van der Waals surface area contributed by atoms with E-state index >= 15 is 0 Å². The molecule has 0 aromatic heterocycles. The third-order valence-corrected chi connectivity index (χ3v) is 4.59. The van der Waals surface area contributed by atoms with Crippen molar-refractivity contribution >= 4 is 27.3 Å². The van der Waals surface area contributed by atoms with Gasteiger partial charge in [-0.3, -0.25) is 0 Å². The second kappa shape index (κ2) is 6.93. The molecule has 112 valence electrons. The number of hydrogen-bond donors (Lipinski definition) is 2. The highest BCUT2D eigenvalue weighted by Gasteiger charge is 2.13. The molecule has 6 heteroatoms. The lowest BCUT2D eigenvalue weighted by Gasteiger charge is -2.08. The molecule has 2 N–H and O–H groups in total. The second-order valence-electron chi connectivity index (χ2n) is 4.51. The Morgan fingerprint density at radius 2 is 1.62 bits per heavy atom. The van der Waals surface area contributed by atoms with Gasteiger partial charge in [-0.15, -0.1) is 0 Å². The summed E-state index contributed by atoms with van der Waals surface area (Å²) in [5.74, 6) is 0. The fourth-order valence-corrected chi connectivity index (χ4v) is 2.96. The van der Waals surface area contributed by atoms with E-state index in [-0.39, 0.29) is 11.4 Å². The van der Waals surface area contributed by atoms with Gasteiger partial charge < -0.3 is 5.32 Å². The Bertz CT molecular complexity index is 683. The first-order valence-corrected chi connectivity index (χ1v) is 8.45. The molecule has 21 heavy (non-hydrogen) atoms. The second-order valence-corrected chi connectivity index (χ2v) is 6.71. The quantitative estimate of drug-likeness (QED) is 0.857. The molecule has 0 heterocycles. The Balaban J connectivity index is 2.05. The lowest BCUT2D eigenvalue weighted by atomic mass is 10.2. The number of benzene rings is 2. The number of anilines is 1. The predicted molar refractivity (Wildman–Crippen MR) is 86.1 cm³/mol. The van der Waals surface area contributed by atoms with Crippen LogP contribution in [0, 0.1) is 0 Å². The SMILES string of the molecule is CCNc1ccc(S(=O)(=O)NCc2ccc(Cl)cc2)cc1. The van der Waals surface area contributed by atoms with Crippen molar-refractivity contribution in [2.24, 2.45) is 0 Å². The minimum Gasteiger partial charge on any atom is -0.385 e. The zero-order valence-corrected chi connectivity index (χ0v) is 13.2. The van der Waals surface area contributed by atoms with Crippen LogP contribution >= 0.6 is 11.6 Å². The van der Waals surface area contributed by atoms with E-state index in [2.05, 4.69) is 10.0 Å². The summed E-state index contributed by atoms with van der Waals surface area (Å²) in [6.45, 7) is 3.01. The third kappa shape index (κ3) is 4.46. The van der Waals surface area contributed by atoms with Crippen LogP contribution in [0.2, 0.25) is 5.02 Å². The Hall–Kier alpha value is -1.56. The van der Waals surface area contributed by atoms with Gasteiger partial charge in [-0.1, -0.05) is 23.7 Å². The van der Waals surface area contributed by atoms with Crippen LogP contribution in [0.3, 0.4) is 0 Å². The highest BCUT2D eigenvalue weighted by atomic mass is 35.5. The van der Waals surface area contributed by atoms with Crippen molar-refractivity contribution in [3.05, 3.63) is 59.1 Å². The molecule has 0 bridgehead atoms. The van der Waals surface area contributed by atoms with Crippen molar-refractivity contribution in [2.45, 2.75) is 18.4 Å². The monoisotopic (exact) mass is 324 g/mol. The zero-order valence-electron chi connectivity index (χ0n) is 11.6. The van der Waals surface area contributed by atoms with Crippen molar-refractivity contribution in [1.82, 2.24) is 4.72 Å². The largest absolute Gasteiger partial charge is 0.385 e. The minimum atomic E-state index is -3.51. The summed E-state index contributed by atoms with van der Waals surface area (Å²) >= 11 is 5.79. The van der Waals surface area contributed by atoms with Crippen molar-refractivity contribution in [1.29, 1.82) is 0 Å². The van der Waals surface area contributed by atoms with Crippen LogP contribution in [0.5, 0.6) is 0 Å². The molecular weight excluding hydrogens is 308 g/mol. The Morgan fingerprint density at radius 3 is 2.19 bits per heavy atom. The maximum atomic E-state index is 12.2. The summed E-state index contributed by atoms with van der Waals surface area (Å²) in [6, 6.07) is 13.7. The summed E-state index contributed by atoms with van der Waals surface area (Å²) in [5, 5.41) is 3.75. The van der Waals surface area contributed by atoms with Gasteiger partial charge in [0.2, 0.25) is 10.0 Å². The fourth-order valence-electron chi connectivity index (χ4n) is 1.82. The van der Waals surface area contributed by atoms with Crippen LogP contribution in [-0.4, -0.2) is 15.0 Å². The highest BCUT2D eigenvalue weighted by molar-refractivity contribution is 7.89. The smallest absolute Gasteiger partial charge is 0.240 e. The van der Waals surface area contributed by atoms with Crippen LogP contribution in [0.15, 0.2) is 53.4 Å². The number of nitrogens with one attached hydrogen (secondary N) is 2. The average Bonchev–Trinajstić information content (AvgIpc) is 2.48. The molecule has 2 aromatic carbocycles. The number of hydrogen-bond acceptors (Lipinski definition) is 3. The lowest BCUT2D eigenvalue weighted by Crippen LogP contribution is -2.23. The minimum absolute atomic E-state index is 0.231. The molecule has 0 unspecified atom stereocenters. The van der Waals surface area contributed by atoms with Crippen molar-refractivity contribution < 1.29 is 8.42 Å². The molecular formula is C15H17ClN2O2S. The first-order chi connectivity index (χ1) is 10.0. The molecule has 0 saturated heterocycles. The van der Waals surface area contributed by atoms with E-state index in [4.69, 9.17) is 11.6 Å². The first kappa shape index (κ1) is 15.8. The highest BCUT2D eigenvalue weighted by Crippen LogP contribution is 2.15. The van der Waals surface area contributed by atoms with E-state index in [0.717, 1.165) is 17.8 Å². The topological polar surface area (TPSA) is 58.2 Å². The van der Waals surface area contributed by atoms with Crippen LogP contribution in [0.25, 0.3) is 0 Å². The molecule has 0 amide bonds. The Kier molecular flexibility index (Phi) is 5.22. The van der Waals surface area contributed by atoms with E-state index in [1.54, 1.807) is 48.5 Å². The predicted octanol–water partition coefficient (Wildman–Crippen LogP) is 3.25. The van der Waals surface area contributed by atoms with Gasteiger partial charge in [0, 0.05) is 23.8 Å². The molecule has 0 saturated carbocycles. The van der Waals surface area contributed by atoms with E-state index < -0.39 is 10.0 Å². The molecule has 0 fully saturated rings. The maximum absolute atomic E-state index is 12.2. The summed E-state index contributed by atoms with van der Waals surface area (Å²) in [6.07, 6.45) is 0. The first-order valence-electron chi connectivity index (χ1n) is 6.59. The van der Waals surface area contributed by atoms with Crippen LogP contribution < -0.4 is 10.0 Å². The molecule has 0 radical (unpaired) electrons. The molecule has 4 nitrogen and oxygen atoms in total. The molecule has 2 aromatic rings.